The maximum atomic E-state index is 12.9. The summed E-state index contributed by atoms with van der Waals surface area (Å²) in [5.74, 6) is -0.822. The third-order valence-corrected chi connectivity index (χ3v) is 5.91. The molecular weight excluding hydrogens is 432 g/mol. The number of nitrogens with zero attached hydrogens (tertiary/aromatic N) is 1. The van der Waals surface area contributed by atoms with Gasteiger partial charge in [0.05, 0.1) is 30.8 Å². The van der Waals surface area contributed by atoms with E-state index < -0.39 is 11.9 Å². The first-order valence-electron chi connectivity index (χ1n) is 9.17. The summed E-state index contributed by atoms with van der Waals surface area (Å²) in [6.45, 7) is 3.26. The van der Waals surface area contributed by atoms with Crippen molar-refractivity contribution in [3.63, 3.8) is 0 Å². The highest BCUT2D eigenvalue weighted by Crippen LogP contribution is 2.34. The van der Waals surface area contributed by atoms with Gasteiger partial charge in [0.15, 0.2) is 6.61 Å². The van der Waals surface area contributed by atoms with Gasteiger partial charge in [-0.1, -0.05) is 11.6 Å². The molecule has 1 aliphatic heterocycles. The smallest absolute Gasteiger partial charge is 0.341 e. The Hall–Kier alpha value is -2.62. The van der Waals surface area contributed by atoms with Crippen molar-refractivity contribution in [2.24, 2.45) is 0 Å². The number of hydrogen-bond donors (Lipinski definition) is 1. The molecule has 2 heterocycles. The summed E-state index contributed by atoms with van der Waals surface area (Å²) in [7, 11) is 1.25. The maximum absolute atomic E-state index is 12.9. The average Bonchev–Trinajstić information content (AvgIpc) is 3.08. The minimum absolute atomic E-state index is 0.166. The first kappa shape index (κ1) is 22.1. The second-order valence-electron chi connectivity index (χ2n) is 6.45. The predicted octanol–water partition coefficient (Wildman–Crippen LogP) is 2.99. The van der Waals surface area contributed by atoms with Gasteiger partial charge in [0, 0.05) is 18.1 Å². The van der Waals surface area contributed by atoms with Crippen LogP contribution in [0.4, 0.5) is 5.00 Å². The van der Waals surface area contributed by atoms with Gasteiger partial charge < -0.3 is 24.4 Å². The molecule has 0 unspecified atom stereocenters. The summed E-state index contributed by atoms with van der Waals surface area (Å²) in [6, 6.07) is 6.58. The molecule has 0 radical (unpaired) electrons. The Balaban J connectivity index is 1.76. The lowest BCUT2D eigenvalue weighted by Gasteiger charge is -2.26. The first-order valence-corrected chi connectivity index (χ1v) is 10.4. The number of halogens is 1. The van der Waals surface area contributed by atoms with Crippen molar-refractivity contribution in [2.45, 2.75) is 6.92 Å². The van der Waals surface area contributed by atoms with Gasteiger partial charge in [0.25, 0.3) is 11.8 Å². The van der Waals surface area contributed by atoms with Gasteiger partial charge in [-0.3, -0.25) is 9.59 Å². The summed E-state index contributed by atoms with van der Waals surface area (Å²) >= 11 is 6.87. The summed E-state index contributed by atoms with van der Waals surface area (Å²) < 4.78 is 15.6. The van der Waals surface area contributed by atoms with Crippen LogP contribution in [0.15, 0.2) is 24.3 Å². The molecule has 0 spiro atoms. The zero-order valence-corrected chi connectivity index (χ0v) is 18.1. The van der Waals surface area contributed by atoms with Gasteiger partial charge >= 0.3 is 5.97 Å². The van der Waals surface area contributed by atoms with Crippen LogP contribution in [-0.4, -0.2) is 62.7 Å². The molecule has 1 aromatic heterocycles. The van der Waals surface area contributed by atoms with E-state index in [-0.39, 0.29) is 23.1 Å². The predicted molar refractivity (Wildman–Crippen MR) is 113 cm³/mol. The highest BCUT2D eigenvalue weighted by molar-refractivity contribution is 7.18. The molecule has 0 aliphatic carbocycles. The molecule has 1 aliphatic rings. The molecule has 1 saturated heterocycles. The van der Waals surface area contributed by atoms with E-state index >= 15 is 0 Å². The van der Waals surface area contributed by atoms with Crippen molar-refractivity contribution in [1.29, 1.82) is 0 Å². The van der Waals surface area contributed by atoms with Gasteiger partial charge in [-0.05, 0) is 36.8 Å². The fourth-order valence-electron chi connectivity index (χ4n) is 2.91. The normalized spacial score (nSPS) is 13.6. The number of nitrogens with one attached hydrogen (secondary N) is 1. The number of morpholine rings is 1. The van der Waals surface area contributed by atoms with Crippen molar-refractivity contribution in [2.75, 3.05) is 45.3 Å². The lowest BCUT2D eigenvalue weighted by atomic mass is 10.1. The fourth-order valence-corrected chi connectivity index (χ4v) is 4.21. The number of rotatable bonds is 6. The van der Waals surface area contributed by atoms with Crippen LogP contribution < -0.4 is 10.1 Å². The minimum Gasteiger partial charge on any atom is -0.484 e. The van der Waals surface area contributed by atoms with Crippen LogP contribution in [0.5, 0.6) is 5.75 Å². The van der Waals surface area contributed by atoms with Crippen molar-refractivity contribution in [3.8, 4) is 5.75 Å². The molecular formula is C20H21ClN2O6S. The molecule has 2 aromatic rings. The fraction of sp³-hybridized carbons (Fsp3) is 0.350. The van der Waals surface area contributed by atoms with E-state index in [0.717, 1.165) is 11.3 Å². The van der Waals surface area contributed by atoms with Crippen LogP contribution in [0.3, 0.4) is 0 Å². The number of carbonyl (C=O) groups is 3. The van der Waals surface area contributed by atoms with E-state index in [1.807, 2.05) is 0 Å². The number of thiophene rings is 1. The molecule has 2 amide bonds. The van der Waals surface area contributed by atoms with Gasteiger partial charge in [0.2, 0.25) is 0 Å². The van der Waals surface area contributed by atoms with Gasteiger partial charge in [-0.15, -0.1) is 11.3 Å². The van der Waals surface area contributed by atoms with Crippen LogP contribution in [-0.2, 0) is 14.3 Å². The van der Waals surface area contributed by atoms with E-state index in [1.54, 1.807) is 36.1 Å². The second-order valence-corrected chi connectivity index (χ2v) is 7.90. The Morgan fingerprint density at radius 2 is 1.87 bits per heavy atom. The van der Waals surface area contributed by atoms with E-state index in [1.165, 1.54) is 7.11 Å². The molecule has 8 nitrogen and oxygen atoms in total. The maximum Gasteiger partial charge on any atom is 0.341 e. The van der Waals surface area contributed by atoms with Crippen LogP contribution in [0.1, 0.15) is 25.6 Å². The molecule has 1 fully saturated rings. The Kier molecular flexibility index (Phi) is 7.30. The summed E-state index contributed by atoms with van der Waals surface area (Å²) in [5, 5.41) is 3.47. The van der Waals surface area contributed by atoms with Gasteiger partial charge in [-0.2, -0.15) is 0 Å². The topological polar surface area (TPSA) is 94.2 Å². The number of amides is 2. The molecule has 160 valence electrons. The Bertz CT molecular complexity index is 938. The molecule has 1 aromatic carbocycles. The van der Waals surface area contributed by atoms with Crippen LogP contribution in [0.25, 0.3) is 0 Å². The highest BCUT2D eigenvalue weighted by atomic mass is 35.5. The zero-order valence-electron chi connectivity index (χ0n) is 16.5. The SMILES string of the molecule is COC(=O)c1c(NC(=O)COc2ccc(Cl)cc2)sc(C(=O)N2CCOCC2)c1C. The lowest BCUT2D eigenvalue weighted by Crippen LogP contribution is -2.40. The number of anilines is 1. The number of ether oxygens (including phenoxy) is 3. The summed E-state index contributed by atoms with van der Waals surface area (Å²) in [6.07, 6.45) is 0. The third-order valence-electron chi connectivity index (χ3n) is 4.47. The Morgan fingerprint density at radius 1 is 1.20 bits per heavy atom. The van der Waals surface area contributed by atoms with Gasteiger partial charge in [-0.25, -0.2) is 4.79 Å². The monoisotopic (exact) mass is 452 g/mol. The number of esters is 1. The summed E-state index contributed by atoms with van der Waals surface area (Å²) in [5.41, 5.74) is 0.635. The molecule has 0 bridgehead atoms. The quantitative estimate of drug-likeness (QED) is 0.677. The third kappa shape index (κ3) is 5.10. The van der Waals surface area contributed by atoms with Crippen LogP contribution in [0, 0.1) is 6.92 Å². The number of hydrogen-bond acceptors (Lipinski definition) is 7. The molecule has 1 N–H and O–H groups in total. The Labute approximate surface area is 182 Å². The van der Waals surface area contributed by atoms with E-state index in [2.05, 4.69) is 5.32 Å². The summed E-state index contributed by atoms with van der Waals surface area (Å²) in [4.78, 5) is 39.6. The highest BCUT2D eigenvalue weighted by Gasteiger charge is 2.29. The average molecular weight is 453 g/mol. The number of benzene rings is 1. The van der Waals surface area contributed by atoms with Crippen molar-refractivity contribution in [3.05, 3.63) is 45.3 Å². The van der Waals surface area contributed by atoms with E-state index in [0.29, 0.717) is 47.5 Å². The van der Waals surface area contributed by atoms with Crippen molar-refractivity contribution in [1.82, 2.24) is 4.90 Å². The lowest BCUT2D eigenvalue weighted by molar-refractivity contribution is -0.118. The number of carbonyl (C=O) groups excluding carboxylic acids is 3. The molecule has 30 heavy (non-hydrogen) atoms. The minimum atomic E-state index is -0.626. The zero-order chi connectivity index (χ0) is 21.7. The van der Waals surface area contributed by atoms with Crippen molar-refractivity contribution < 1.29 is 28.6 Å². The molecule has 3 rings (SSSR count). The number of methoxy groups -OCH3 is 1. The van der Waals surface area contributed by atoms with E-state index in [9.17, 15) is 14.4 Å². The van der Waals surface area contributed by atoms with Gasteiger partial charge in [0.1, 0.15) is 10.8 Å². The van der Waals surface area contributed by atoms with Crippen LogP contribution in [0.2, 0.25) is 5.02 Å². The second kappa shape index (κ2) is 9.92. The molecule has 0 atom stereocenters. The van der Waals surface area contributed by atoms with E-state index in [4.69, 9.17) is 25.8 Å². The standard InChI is InChI=1S/C20H21ClN2O6S/c1-12-16(20(26)27-2)18(30-17(12)19(25)23-7-9-28-10-8-23)22-15(24)11-29-14-5-3-13(21)4-6-14/h3-6H,7-11H2,1-2H3,(H,22,24). The molecule has 10 heteroatoms. The molecule has 0 saturated carbocycles. The largest absolute Gasteiger partial charge is 0.484 e. The van der Waals surface area contributed by atoms with Crippen molar-refractivity contribution >= 4 is 45.7 Å². The Morgan fingerprint density at radius 3 is 2.50 bits per heavy atom. The first-order chi connectivity index (χ1) is 14.4. The van der Waals surface area contributed by atoms with Crippen LogP contribution >= 0.6 is 22.9 Å².